The molecule has 3 atom stereocenters. The first-order chi connectivity index (χ1) is 14.8. The van der Waals surface area contributed by atoms with Gasteiger partial charge in [-0.15, -0.1) is 0 Å². The van der Waals surface area contributed by atoms with Gasteiger partial charge in [0.1, 0.15) is 18.3 Å². The molecular weight excluding hydrogens is 405 g/mol. The lowest BCUT2D eigenvalue weighted by atomic mass is 9.69. The molecule has 31 heavy (non-hydrogen) atoms. The number of carbonyl (C=O) groups excluding carboxylic acids is 3. The number of dihydropyridines is 1. The number of ether oxygens (including phenoxy) is 3. The number of ketones is 1. The van der Waals surface area contributed by atoms with Crippen molar-refractivity contribution in [3.63, 3.8) is 0 Å². The van der Waals surface area contributed by atoms with Crippen LogP contribution in [0.15, 0.2) is 46.8 Å². The van der Waals surface area contributed by atoms with Crippen LogP contribution in [0.4, 0.5) is 4.39 Å². The Bertz CT molecular complexity index is 967. The Hall–Kier alpha value is -3.00. The van der Waals surface area contributed by atoms with Crippen LogP contribution in [-0.4, -0.2) is 45.2 Å². The van der Waals surface area contributed by atoms with Crippen LogP contribution in [0.3, 0.4) is 0 Å². The maximum Gasteiger partial charge on any atom is 0.336 e. The predicted molar refractivity (Wildman–Crippen MR) is 109 cm³/mol. The van der Waals surface area contributed by atoms with E-state index in [0.29, 0.717) is 17.8 Å². The second kappa shape index (κ2) is 9.43. The van der Waals surface area contributed by atoms with Gasteiger partial charge in [-0.25, -0.2) is 9.18 Å². The Balaban J connectivity index is 2.14. The van der Waals surface area contributed by atoms with Crippen LogP contribution in [0.5, 0.6) is 0 Å². The highest BCUT2D eigenvalue weighted by atomic mass is 19.1. The molecule has 7 nitrogen and oxygen atoms in total. The number of hydrogen-bond acceptors (Lipinski definition) is 7. The molecule has 1 aromatic carbocycles. The van der Waals surface area contributed by atoms with Crippen molar-refractivity contribution in [2.45, 2.75) is 26.2 Å². The zero-order valence-electron chi connectivity index (χ0n) is 18.0. The van der Waals surface area contributed by atoms with Gasteiger partial charge in [0.2, 0.25) is 0 Å². The van der Waals surface area contributed by atoms with E-state index >= 15 is 0 Å². The summed E-state index contributed by atoms with van der Waals surface area (Å²) in [4.78, 5) is 38.8. The van der Waals surface area contributed by atoms with Gasteiger partial charge in [-0.05, 0) is 25.3 Å². The Morgan fingerprint density at radius 3 is 2.55 bits per heavy atom. The number of hydrogen-bond donors (Lipinski definition) is 1. The summed E-state index contributed by atoms with van der Waals surface area (Å²) in [6.07, 6.45) is 0.384. The number of methoxy groups -OCH3 is 2. The highest BCUT2D eigenvalue weighted by Gasteiger charge is 2.47. The Morgan fingerprint density at radius 1 is 1.19 bits per heavy atom. The fourth-order valence-corrected chi connectivity index (χ4v) is 4.27. The molecule has 0 saturated heterocycles. The van der Waals surface area contributed by atoms with Gasteiger partial charge in [-0.2, -0.15) is 0 Å². The molecule has 3 rings (SSSR count). The first-order valence-corrected chi connectivity index (χ1v) is 10.0. The van der Waals surface area contributed by atoms with Crippen molar-refractivity contribution < 1.29 is 33.0 Å². The average molecular weight is 431 g/mol. The number of benzene rings is 1. The molecule has 0 amide bonds. The van der Waals surface area contributed by atoms with Crippen LogP contribution >= 0.6 is 0 Å². The molecule has 8 heteroatoms. The van der Waals surface area contributed by atoms with E-state index in [1.165, 1.54) is 32.4 Å². The van der Waals surface area contributed by atoms with Crippen LogP contribution in [-0.2, 0) is 28.6 Å². The first kappa shape index (κ1) is 22.7. The molecule has 0 radical (unpaired) electrons. The molecule has 0 bridgehead atoms. The third-order valence-corrected chi connectivity index (χ3v) is 5.70. The van der Waals surface area contributed by atoms with Gasteiger partial charge in [-0.3, -0.25) is 9.59 Å². The molecular formula is C23H26FNO6. The van der Waals surface area contributed by atoms with Crippen LogP contribution in [0, 0.1) is 17.7 Å². The van der Waals surface area contributed by atoms with Gasteiger partial charge in [0.15, 0.2) is 5.78 Å². The Labute approximate surface area is 180 Å². The second-order valence-corrected chi connectivity index (χ2v) is 7.69. The number of allylic oxidation sites excluding steroid dienone is 3. The fourth-order valence-electron chi connectivity index (χ4n) is 4.27. The van der Waals surface area contributed by atoms with Crippen molar-refractivity contribution in [3.05, 3.63) is 58.2 Å². The molecule has 1 aromatic rings. The summed E-state index contributed by atoms with van der Waals surface area (Å²) in [5, 5.41) is 3.13. The van der Waals surface area contributed by atoms with Crippen LogP contribution in [0.25, 0.3) is 0 Å². The topological polar surface area (TPSA) is 90.9 Å². The van der Waals surface area contributed by atoms with Crippen LogP contribution in [0.1, 0.15) is 31.7 Å². The van der Waals surface area contributed by atoms with E-state index in [0.717, 1.165) is 0 Å². The van der Waals surface area contributed by atoms with E-state index in [4.69, 9.17) is 14.2 Å². The molecule has 0 saturated carbocycles. The minimum absolute atomic E-state index is 0.0117. The van der Waals surface area contributed by atoms with E-state index in [2.05, 4.69) is 5.32 Å². The predicted octanol–water partition coefficient (Wildman–Crippen LogP) is 2.63. The number of carbonyl (C=O) groups is 3. The summed E-state index contributed by atoms with van der Waals surface area (Å²) < 4.78 is 30.0. The standard InChI is InChI=1S/C23H26FNO6/c1-12-11-16-20(21(26)17(12)22(27)30-4)19(14-7-5-6-8-15(14)24)18(13(2)25-16)23(28)31-10-9-29-3/h5-8,12,17,19,25H,9-11H2,1-4H3/t12-,17-,19+/m1/s1. The van der Waals surface area contributed by atoms with E-state index in [9.17, 15) is 18.8 Å². The molecule has 0 spiro atoms. The summed E-state index contributed by atoms with van der Waals surface area (Å²) in [7, 11) is 2.71. The number of Topliss-reactive ketones (excluding diaryl/α,β-unsaturated/α-hetero) is 1. The normalized spacial score (nSPS) is 23.3. The lowest BCUT2D eigenvalue weighted by molar-refractivity contribution is -0.151. The highest BCUT2D eigenvalue weighted by Crippen LogP contribution is 2.45. The maximum atomic E-state index is 14.9. The smallest absolute Gasteiger partial charge is 0.336 e. The third kappa shape index (κ3) is 4.25. The number of esters is 2. The molecule has 2 aliphatic rings. The van der Waals surface area contributed by atoms with Crippen molar-refractivity contribution in [1.82, 2.24) is 5.32 Å². The Kier molecular flexibility index (Phi) is 6.90. The third-order valence-electron chi connectivity index (χ3n) is 5.70. The van der Waals surface area contributed by atoms with Crippen molar-refractivity contribution in [2.75, 3.05) is 27.4 Å². The molecule has 1 heterocycles. The lowest BCUT2D eigenvalue weighted by Gasteiger charge is -2.38. The zero-order valence-corrected chi connectivity index (χ0v) is 18.0. The number of nitrogens with one attached hydrogen (secondary N) is 1. The molecule has 0 aromatic heterocycles. The average Bonchev–Trinajstić information content (AvgIpc) is 2.73. The first-order valence-electron chi connectivity index (χ1n) is 10.0. The van der Waals surface area contributed by atoms with Crippen molar-refractivity contribution in [3.8, 4) is 0 Å². The summed E-state index contributed by atoms with van der Waals surface area (Å²) in [6, 6.07) is 5.97. The van der Waals surface area contributed by atoms with Crippen molar-refractivity contribution in [1.29, 1.82) is 0 Å². The highest BCUT2D eigenvalue weighted by molar-refractivity contribution is 6.12. The summed E-state index contributed by atoms with van der Waals surface area (Å²) in [5.74, 6) is -4.69. The molecule has 166 valence electrons. The van der Waals surface area contributed by atoms with Gasteiger partial charge in [0, 0.05) is 29.6 Å². The van der Waals surface area contributed by atoms with Crippen LogP contribution in [0.2, 0.25) is 0 Å². The molecule has 1 N–H and O–H groups in total. The molecule has 0 fully saturated rings. The van der Waals surface area contributed by atoms with E-state index in [-0.39, 0.29) is 35.8 Å². The SMILES string of the molecule is COCCOC(=O)C1=C(C)NC2=C(C(=O)[C@H](C(=O)OC)[C@H](C)C2)[C@H]1c1ccccc1F. The quantitative estimate of drug-likeness (QED) is 0.421. The van der Waals surface area contributed by atoms with E-state index in [1.54, 1.807) is 19.9 Å². The van der Waals surface area contributed by atoms with Crippen molar-refractivity contribution in [2.24, 2.45) is 11.8 Å². The molecule has 0 unspecified atom stereocenters. The number of halogens is 1. The fraction of sp³-hybridized carbons (Fsp3) is 0.435. The largest absolute Gasteiger partial charge is 0.468 e. The molecule has 1 aliphatic heterocycles. The number of rotatable bonds is 6. The summed E-state index contributed by atoms with van der Waals surface area (Å²) >= 11 is 0. The minimum Gasteiger partial charge on any atom is -0.468 e. The van der Waals surface area contributed by atoms with Gasteiger partial charge in [0.25, 0.3) is 0 Å². The minimum atomic E-state index is -1.02. The Morgan fingerprint density at radius 2 is 1.90 bits per heavy atom. The van der Waals surface area contributed by atoms with E-state index < -0.39 is 35.4 Å². The van der Waals surface area contributed by atoms with E-state index in [1.807, 2.05) is 0 Å². The second-order valence-electron chi connectivity index (χ2n) is 7.69. The maximum absolute atomic E-state index is 14.9. The van der Waals surface area contributed by atoms with Gasteiger partial charge < -0.3 is 19.5 Å². The summed E-state index contributed by atoms with van der Waals surface area (Å²) in [6.45, 7) is 3.69. The monoisotopic (exact) mass is 431 g/mol. The van der Waals surface area contributed by atoms with Crippen molar-refractivity contribution >= 4 is 17.7 Å². The van der Waals surface area contributed by atoms with Gasteiger partial charge >= 0.3 is 11.9 Å². The zero-order chi connectivity index (χ0) is 22.7. The van der Waals surface area contributed by atoms with Gasteiger partial charge in [0.05, 0.1) is 25.2 Å². The van der Waals surface area contributed by atoms with Crippen LogP contribution < -0.4 is 5.32 Å². The van der Waals surface area contributed by atoms with Gasteiger partial charge in [-0.1, -0.05) is 25.1 Å². The lowest BCUT2D eigenvalue weighted by Crippen LogP contribution is -2.43. The summed E-state index contributed by atoms with van der Waals surface area (Å²) in [5.41, 5.74) is 1.55. The molecule has 1 aliphatic carbocycles.